The normalized spacial score (nSPS) is 41.0. The van der Waals surface area contributed by atoms with Crippen LogP contribution in [-0.2, 0) is 28.4 Å². The molecule has 0 amide bonds. The number of aliphatic hydroxyl groups is 12. The zero-order valence-corrected chi connectivity index (χ0v) is 33.3. The molecule has 0 radical (unpaired) electrons. The SMILES string of the molecule is CC1OC(OCC2OC(Oc3cc(O)c4c(=O)c(OC5OC(COC6OC(C)C(O)C(O)C6O)C(O)C(O)C5O)c(-c5ccc(O)cc5)oc4c3)C(O)C(O)C2O)C(O)C(O)C1O. The van der Waals surface area contributed by atoms with Crippen LogP contribution in [0.5, 0.6) is 23.0 Å². The maximum atomic E-state index is 14.2. The van der Waals surface area contributed by atoms with Crippen LogP contribution in [0.15, 0.2) is 45.6 Å². The second-order valence-electron chi connectivity index (χ2n) is 15.7. The molecule has 0 spiro atoms. The van der Waals surface area contributed by atoms with Gasteiger partial charge in [-0.25, -0.2) is 0 Å². The third kappa shape index (κ3) is 9.33. The van der Waals surface area contributed by atoms with Gasteiger partial charge in [-0.1, -0.05) is 0 Å². The van der Waals surface area contributed by atoms with Gasteiger partial charge < -0.3 is 114 Å². The van der Waals surface area contributed by atoms with Crippen LogP contribution >= 0.6 is 0 Å². The second-order valence-corrected chi connectivity index (χ2v) is 15.7. The van der Waals surface area contributed by atoms with Gasteiger partial charge in [-0.3, -0.25) is 4.79 Å². The highest BCUT2D eigenvalue weighted by atomic mass is 16.7. The van der Waals surface area contributed by atoms with Crippen LogP contribution in [0.3, 0.4) is 0 Å². The van der Waals surface area contributed by atoms with E-state index in [1.165, 1.54) is 38.1 Å². The predicted molar refractivity (Wildman–Crippen MR) is 202 cm³/mol. The largest absolute Gasteiger partial charge is 0.508 e. The molecule has 0 bridgehead atoms. The Morgan fingerprint density at radius 2 is 0.968 bits per heavy atom. The highest BCUT2D eigenvalue weighted by Crippen LogP contribution is 2.39. The van der Waals surface area contributed by atoms with Crippen molar-refractivity contribution in [1.82, 2.24) is 0 Å². The number of ether oxygens (including phenoxy) is 8. The smallest absolute Gasteiger partial charge is 0.239 e. The number of aliphatic hydroxyl groups excluding tert-OH is 12. The Labute approximate surface area is 355 Å². The number of rotatable bonds is 11. The topological polar surface area (TPSA) is 387 Å². The fourth-order valence-corrected chi connectivity index (χ4v) is 7.47. The Kier molecular flexibility index (Phi) is 14.1. The zero-order valence-electron chi connectivity index (χ0n) is 33.3. The molecule has 5 heterocycles. The van der Waals surface area contributed by atoms with E-state index >= 15 is 0 Å². The molecule has 7 rings (SSSR count). The second kappa shape index (κ2) is 18.9. The quantitative estimate of drug-likeness (QED) is 0.0856. The predicted octanol–water partition coefficient (Wildman–Crippen LogP) is -5.07. The first-order valence-corrected chi connectivity index (χ1v) is 19.8. The molecule has 20 unspecified atom stereocenters. The molecule has 1 aromatic heterocycles. The number of aromatic hydroxyl groups is 2. The van der Waals surface area contributed by atoms with Crippen molar-refractivity contribution in [2.75, 3.05) is 13.2 Å². The lowest BCUT2D eigenvalue weighted by molar-refractivity contribution is -0.318. The van der Waals surface area contributed by atoms with Gasteiger partial charge in [-0.15, -0.1) is 0 Å². The number of phenols is 2. The molecule has 3 aromatic rings. The molecule has 4 aliphatic rings. The van der Waals surface area contributed by atoms with E-state index in [0.717, 1.165) is 12.1 Å². The van der Waals surface area contributed by atoms with E-state index in [1.54, 1.807) is 0 Å². The van der Waals surface area contributed by atoms with E-state index in [9.17, 15) is 76.3 Å². The number of hydrogen-bond acceptors (Lipinski definition) is 24. The first-order valence-electron chi connectivity index (χ1n) is 19.8. The van der Waals surface area contributed by atoms with E-state index in [2.05, 4.69) is 0 Å². The lowest BCUT2D eigenvalue weighted by Crippen LogP contribution is -2.61. The summed E-state index contributed by atoms with van der Waals surface area (Å²) in [5.41, 5.74) is -1.39. The minimum Gasteiger partial charge on any atom is -0.508 e. The molecular weight excluding hydrogens is 852 g/mol. The monoisotopic (exact) mass is 902 g/mol. The third-order valence-electron chi connectivity index (χ3n) is 11.3. The van der Waals surface area contributed by atoms with Gasteiger partial charge in [0.05, 0.1) is 25.4 Å². The van der Waals surface area contributed by atoms with Crippen LogP contribution in [0.1, 0.15) is 13.8 Å². The van der Waals surface area contributed by atoms with E-state index in [0.29, 0.717) is 0 Å². The summed E-state index contributed by atoms with van der Waals surface area (Å²) in [5, 5.41) is 146. The van der Waals surface area contributed by atoms with Gasteiger partial charge in [-0.2, -0.15) is 0 Å². The minimum absolute atomic E-state index is 0.0751. The van der Waals surface area contributed by atoms with Gasteiger partial charge in [0.25, 0.3) is 0 Å². The molecule has 4 fully saturated rings. The van der Waals surface area contributed by atoms with Crippen molar-refractivity contribution in [2.24, 2.45) is 0 Å². The number of phenolic OH excluding ortho intramolecular Hbond substituents is 2. The summed E-state index contributed by atoms with van der Waals surface area (Å²) in [6.07, 6.45) is -32.8. The van der Waals surface area contributed by atoms with E-state index < -0.39 is 164 Å². The molecule has 14 N–H and O–H groups in total. The molecule has 350 valence electrons. The van der Waals surface area contributed by atoms with Crippen LogP contribution in [0.4, 0.5) is 0 Å². The summed E-state index contributed by atoms with van der Waals surface area (Å²) < 4.78 is 50.8. The zero-order chi connectivity index (χ0) is 45.8. The third-order valence-corrected chi connectivity index (χ3v) is 11.3. The highest BCUT2D eigenvalue weighted by molar-refractivity contribution is 5.88. The Bertz CT molecular complexity index is 2090. The molecule has 24 heteroatoms. The Hall–Kier alpha value is -3.87. The molecule has 20 atom stereocenters. The number of fused-ring (bicyclic) bond motifs is 1. The fourth-order valence-electron chi connectivity index (χ4n) is 7.47. The van der Waals surface area contributed by atoms with Crippen molar-refractivity contribution >= 4 is 11.0 Å². The maximum Gasteiger partial charge on any atom is 0.239 e. The summed E-state index contributed by atoms with van der Waals surface area (Å²) in [4.78, 5) is 14.2. The first-order chi connectivity index (χ1) is 29.8. The molecule has 4 aliphatic heterocycles. The van der Waals surface area contributed by atoms with Crippen molar-refractivity contribution in [3.05, 3.63) is 46.6 Å². The van der Waals surface area contributed by atoms with Crippen molar-refractivity contribution in [1.29, 1.82) is 0 Å². The van der Waals surface area contributed by atoms with Gasteiger partial charge in [0.15, 0.2) is 18.3 Å². The molecule has 24 nitrogen and oxygen atoms in total. The standard InChI is InChI=1S/C39H50O24/c1-11-21(42)26(47)30(51)36(57-11)55-9-18-23(44)28(49)32(53)38(61-18)59-15-7-16(41)20-17(8-15)60-34(13-3-5-14(40)6-4-13)35(25(20)46)63-39-33(54)29(50)24(45)19(62-39)10-56-37-31(52)27(48)22(43)12(2)58-37/h3-8,11-12,18-19,21-24,26-33,36-45,47-54H,9-10H2,1-2H3. The van der Waals surface area contributed by atoms with Crippen LogP contribution in [0, 0.1) is 0 Å². The van der Waals surface area contributed by atoms with Crippen molar-refractivity contribution in [3.8, 4) is 34.3 Å². The molecule has 4 saturated heterocycles. The van der Waals surface area contributed by atoms with Gasteiger partial charge >= 0.3 is 0 Å². The molecule has 0 saturated carbocycles. The van der Waals surface area contributed by atoms with Crippen molar-refractivity contribution < 1.29 is 114 Å². The summed E-state index contributed by atoms with van der Waals surface area (Å²) in [7, 11) is 0. The summed E-state index contributed by atoms with van der Waals surface area (Å²) in [6.45, 7) is 1.56. The van der Waals surface area contributed by atoms with Gasteiger partial charge in [0, 0.05) is 17.7 Å². The Morgan fingerprint density at radius 3 is 1.46 bits per heavy atom. The summed E-state index contributed by atoms with van der Waals surface area (Å²) in [5.74, 6) is -2.43. The molecule has 0 aliphatic carbocycles. The fraction of sp³-hybridized carbons (Fsp3) is 0.615. The van der Waals surface area contributed by atoms with Crippen LogP contribution < -0.4 is 14.9 Å². The minimum atomic E-state index is -2.04. The average molecular weight is 903 g/mol. The first kappa shape index (κ1) is 47.1. The van der Waals surface area contributed by atoms with E-state index in [1.807, 2.05) is 0 Å². The number of benzene rings is 2. The van der Waals surface area contributed by atoms with Crippen molar-refractivity contribution in [3.63, 3.8) is 0 Å². The highest BCUT2D eigenvalue weighted by Gasteiger charge is 2.49. The Balaban J connectivity index is 1.14. The molecule has 2 aromatic carbocycles. The average Bonchev–Trinajstić information content (AvgIpc) is 3.25. The van der Waals surface area contributed by atoms with Gasteiger partial charge in [-0.05, 0) is 38.1 Å². The number of hydrogen-bond donors (Lipinski definition) is 14. The van der Waals surface area contributed by atoms with Crippen LogP contribution in [-0.4, -0.2) is 208 Å². The van der Waals surface area contributed by atoms with Gasteiger partial charge in [0.2, 0.25) is 23.8 Å². The van der Waals surface area contributed by atoms with Gasteiger partial charge in [0.1, 0.15) is 114 Å². The molecular formula is C39H50O24. The maximum absolute atomic E-state index is 14.2. The van der Waals surface area contributed by atoms with Crippen LogP contribution in [0.25, 0.3) is 22.3 Å². The summed E-state index contributed by atoms with van der Waals surface area (Å²) in [6, 6.07) is 7.07. The Morgan fingerprint density at radius 1 is 0.524 bits per heavy atom. The summed E-state index contributed by atoms with van der Waals surface area (Å²) >= 11 is 0. The van der Waals surface area contributed by atoms with Crippen molar-refractivity contribution in [2.45, 2.75) is 137 Å². The van der Waals surface area contributed by atoms with E-state index in [4.69, 9.17) is 42.3 Å². The van der Waals surface area contributed by atoms with E-state index in [-0.39, 0.29) is 22.6 Å². The van der Waals surface area contributed by atoms with Crippen LogP contribution in [0.2, 0.25) is 0 Å². The lowest BCUT2D eigenvalue weighted by atomic mass is 9.98. The lowest BCUT2D eigenvalue weighted by Gasteiger charge is -2.42. The molecule has 63 heavy (non-hydrogen) atoms.